The number of hydrogen-bond acceptors (Lipinski definition) is 10. The molecule has 0 bridgehead atoms. The zero-order valence-electron chi connectivity index (χ0n) is 18.7. The van der Waals surface area contributed by atoms with Gasteiger partial charge in [-0.05, 0) is 12.1 Å². The van der Waals surface area contributed by atoms with Crippen molar-refractivity contribution in [3.63, 3.8) is 0 Å². The lowest BCUT2D eigenvalue weighted by Crippen LogP contribution is -2.16. The van der Waals surface area contributed by atoms with E-state index < -0.39 is 22.5 Å². The van der Waals surface area contributed by atoms with Crippen LogP contribution in [0.15, 0.2) is 41.4 Å². The number of halogens is 2. The van der Waals surface area contributed by atoms with Crippen LogP contribution in [0.2, 0.25) is 5.02 Å². The summed E-state index contributed by atoms with van der Waals surface area (Å²) in [5.74, 6) is -0.654. The molecule has 0 aliphatic heterocycles. The van der Waals surface area contributed by atoms with Crippen molar-refractivity contribution in [1.29, 1.82) is 0 Å². The third-order valence-corrected chi connectivity index (χ3v) is 5.60. The molecule has 0 saturated heterocycles. The molecule has 0 radical (unpaired) electrons. The largest absolute Gasteiger partial charge is 0.494 e. The van der Waals surface area contributed by atoms with Crippen LogP contribution in [0.4, 0.5) is 38.0 Å². The molecule has 0 unspecified atom stereocenters. The summed E-state index contributed by atoms with van der Waals surface area (Å²) >= 11 is 7.83. The molecule has 184 valence electrons. The normalized spacial score (nSPS) is 10.7. The summed E-state index contributed by atoms with van der Waals surface area (Å²) in [5, 5.41) is 17.4. The van der Waals surface area contributed by atoms with Gasteiger partial charge in [-0.1, -0.05) is 25.4 Å². The highest BCUT2D eigenvalue weighted by atomic mass is 35.5. The number of benzene rings is 2. The van der Waals surface area contributed by atoms with Crippen LogP contribution < -0.4 is 25.8 Å². The number of amides is 1. The monoisotopic (exact) mass is 522 g/mol. The number of nitrogens with two attached hydrogens (primary N) is 1. The number of carbonyl (C=O) groups excluding carboxylic acids is 1. The maximum Gasteiger partial charge on any atom is 0.409 e. The fraction of sp³-hybridized carbons (Fsp3) is 0.190. The molecule has 0 atom stereocenters. The lowest BCUT2D eigenvalue weighted by Gasteiger charge is -2.16. The van der Waals surface area contributed by atoms with Crippen molar-refractivity contribution in [3.05, 3.63) is 57.5 Å². The van der Waals surface area contributed by atoms with E-state index in [-0.39, 0.29) is 39.2 Å². The Balaban J connectivity index is 1.97. The molecule has 0 saturated carbocycles. The van der Waals surface area contributed by atoms with Gasteiger partial charge in [0.15, 0.2) is 5.82 Å². The Hall–Kier alpha value is -3.84. The summed E-state index contributed by atoms with van der Waals surface area (Å²) in [6.07, 6.45) is 0.344. The van der Waals surface area contributed by atoms with Crippen LogP contribution in [-0.2, 0) is 0 Å². The molecular formula is C21H20ClFN6O5S. The van der Waals surface area contributed by atoms with Crippen molar-refractivity contribution in [3.8, 4) is 11.5 Å². The van der Waals surface area contributed by atoms with Gasteiger partial charge in [-0.15, -0.1) is 11.8 Å². The molecule has 0 aliphatic carbocycles. The fourth-order valence-electron chi connectivity index (χ4n) is 2.86. The standard InChI is InChI=1S/C21H20ClFN6O5S/c1-10(2)35-18-5-4-11(34-20(24)30)6-15(18)26-19-12(22)9-25-21(28-19)27-14-8-16(29(31)32)13(23)7-17(14)33-3/h4-10H,1-3H3,(H2,24,30)(H2,25,26,27,28). The number of aromatic nitrogens is 2. The molecule has 1 aromatic heterocycles. The minimum Gasteiger partial charge on any atom is -0.494 e. The first-order valence-corrected chi connectivity index (χ1v) is 11.2. The quantitative estimate of drug-likeness (QED) is 0.183. The number of nitro benzene ring substituents is 1. The summed E-state index contributed by atoms with van der Waals surface area (Å²) in [4.78, 5) is 30.6. The molecule has 3 rings (SSSR count). The number of nitro groups is 1. The summed E-state index contributed by atoms with van der Waals surface area (Å²) in [5.41, 5.74) is 4.97. The Bertz CT molecular complexity index is 1280. The SMILES string of the molecule is COc1cc(F)c([N+](=O)[O-])cc1Nc1ncc(Cl)c(Nc2cc(OC(N)=O)ccc2SC(C)C)n1. The average molecular weight is 523 g/mol. The van der Waals surface area contributed by atoms with E-state index in [1.54, 1.807) is 30.0 Å². The van der Waals surface area contributed by atoms with Crippen LogP contribution in [0.3, 0.4) is 0 Å². The number of rotatable bonds is 9. The second-order valence-electron chi connectivity index (χ2n) is 7.15. The van der Waals surface area contributed by atoms with Gasteiger partial charge in [0.1, 0.15) is 16.5 Å². The van der Waals surface area contributed by atoms with Gasteiger partial charge in [0.2, 0.25) is 11.8 Å². The Labute approximate surface area is 208 Å². The summed E-state index contributed by atoms with van der Waals surface area (Å²) in [6, 6.07) is 6.77. The van der Waals surface area contributed by atoms with Crippen LogP contribution in [0.25, 0.3) is 0 Å². The molecule has 2 aromatic carbocycles. The van der Waals surface area contributed by atoms with Crippen molar-refractivity contribution < 1.29 is 23.6 Å². The number of carbonyl (C=O) groups is 1. The molecule has 0 aliphatic rings. The topological polar surface area (TPSA) is 155 Å². The molecule has 35 heavy (non-hydrogen) atoms. The van der Waals surface area contributed by atoms with Gasteiger partial charge in [-0.3, -0.25) is 10.1 Å². The van der Waals surface area contributed by atoms with E-state index in [4.69, 9.17) is 26.8 Å². The van der Waals surface area contributed by atoms with E-state index in [0.29, 0.717) is 5.69 Å². The molecule has 0 fully saturated rings. The van der Waals surface area contributed by atoms with Crippen molar-refractivity contribution in [2.75, 3.05) is 17.7 Å². The van der Waals surface area contributed by atoms with E-state index in [9.17, 15) is 19.3 Å². The number of primary amides is 1. The molecule has 1 amide bonds. The van der Waals surface area contributed by atoms with Gasteiger partial charge in [0.05, 0.1) is 29.6 Å². The van der Waals surface area contributed by atoms with E-state index in [0.717, 1.165) is 17.0 Å². The van der Waals surface area contributed by atoms with Gasteiger partial charge in [-0.2, -0.15) is 9.37 Å². The van der Waals surface area contributed by atoms with E-state index in [1.165, 1.54) is 13.3 Å². The van der Waals surface area contributed by atoms with E-state index >= 15 is 0 Å². The van der Waals surface area contributed by atoms with Crippen molar-refractivity contribution in [1.82, 2.24) is 9.97 Å². The highest BCUT2D eigenvalue weighted by Gasteiger charge is 2.20. The molecule has 3 aromatic rings. The van der Waals surface area contributed by atoms with Crippen LogP contribution in [0, 0.1) is 15.9 Å². The molecule has 1 heterocycles. The number of ether oxygens (including phenoxy) is 2. The Morgan fingerprint density at radius 3 is 2.63 bits per heavy atom. The molecule has 14 heteroatoms. The van der Waals surface area contributed by atoms with Crippen molar-refractivity contribution >= 4 is 58.3 Å². The van der Waals surface area contributed by atoms with Crippen LogP contribution >= 0.6 is 23.4 Å². The first-order valence-electron chi connectivity index (χ1n) is 9.94. The predicted molar refractivity (Wildman–Crippen MR) is 131 cm³/mol. The van der Waals surface area contributed by atoms with Crippen LogP contribution in [0.1, 0.15) is 13.8 Å². The number of methoxy groups -OCH3 is 1. The highest BCUT2D eigenvalue weighted by Crippen LogP contribution is 2.37. The second-order valence-corrected chi connectivity index (χ2v) is 9.17. The highest BCUT2D eigenvalue weighted by molar-refractivity contribution is 8.00. The number of nitrogens with one attached hydrogen (secondary N) is 2. The van der Waals surface area contributed by atoms with Crippen LogP contribution in [0.5, 0.6) is 11.5 Å². The molecular weight excluding hydrogens is 503 g/mol. The lowest BCUT2D eigenvalue weighted by atomic mass is 10.2. The van der Waals surface area contributed by atoms with Crippen molar-refractivity contribution in [2.24, 2.45) is 5.73 Å². The molecule has 0 spiro atoms. The minimum atomic E-state index is -1.05. The predicted octanol–water partition coefficient (Wildman–Crippen LogP) is 5.63. The van der Waals surface area contributed by atoms with Crippen LogP contribution in [-0.4, -0.2) is 33.3 Å². The maximum absolute atomic E-state index is 14.0. The first kappa shape index (κ1) is 25.8. The molecule has 11 nitrogen and oxygen atoms in total. The lowest BCUT2D eigenvalue weighted by molar-refractivity contribution is -0.387. The van der Waals surface area contributed by atoms with Crippen molar-refractivity contribution in [2.45, 2.75) is 24.0 Å². The van der Waals surface area contributed by atoms with E-state index in [2.05, 4.69) is 20.6 Å². The van der Waals surface area contributed by atoms with Gasteiger partial charge in [0, 0.05) is 28.3 Å². The minimum absolute atomic E-state index is 0.00120. The summed E-state index contributed by atoms with van der Waals surface area (Å²) in [7, 11) is 1.29. The Morgan fingerprint density at radius 1 is 1.26 bits per heavy atom. The Kier molecular flexibility index (Phi) is 8.14. The summed E-state index contributed by atoms with van der Waals surface area (Å²) in [6.45, 7) is 4.02. The number of nitrogens with zero attached hydrogens (tertiary/aromatic N) is 3. The van der Waals surface area contributed by atoms with Gasteiger partial charge in [0.25, 0.3) is 0 Å². The first-order chi connectivity index (χ1) is 16.6. The Morgan fingerprint density at radius 2 is 2.00 bits per heavy atom. The van der Waals surface area contributed by atoms with Gasteiger partial charge >= 0.3 is 11.8 Å². The fourth-order valence-corrected chi connectivity index (χ4v) is 3.89. The number of hydrogen-bond donors (Lipinski definition) is 3. The number of thioether (sulfide) groups is 1. The second kappa shape index (κ2) is 11.1. The number of anilines is 4. The zero-order chi connectivity index (χ0) is 25.7. The summed E-state index contributed by atoms with van der Waals surface area (Å²) < 4.78 is 24.0. The van der Waals surface area contributed by atoms with Gasteiger partial charge < -0.3 is 25.8 Å². The molecule has 4 N–H and O–H groups in total. The third kappa shape index (κ3) is 6.61. The average Bonchev–Trinajstić information content (AvgIpc) is 2.77. The van der Waals surface area contributed by atoms with Gasteiger partial charge in [-0.25, -0.2) is 9.78 Å². The zero-order valence-corrected chi connectivity index (χ0v) is 20.2. The maximum atomic E-state index is 14.0. The third-order valence-electron chi connectivity index (χ3n) is 4.24. The van der Waals surface area contributed by atoms with E-state index in [1.807, 2.05) is 13.8 Å². The smallest absolute Gasteiger partial charge is 0.409 e.